The molecule has 0 saturated heterocycles. The highest BCUT2D eigenvalue weighted by molar-refractivity contribution is 5.79. The van der Waals surface area contributed by atoms with E-state index in [1.54, 1.807) is 6.20 Å². The SMILES string of the molecule is CCNC(=NCc1cccc(COC(C)(C)C)c1)NCc1ccnn1C. The van der Waals surface area contributed by atoms with E-state index in [4.69, 9.17) is 4.74 Å². The summed E-state index contributed by atoms with van der Waals surface area (Å²) in [5, 5.41) is 10.8. The Morgan fingerprint density at radius 3 is 2.62 bits per heavy atom. The molecular formula is C20H31N5O. The zero-order valence-corrected chi connectivity index (χ0v) is 16.5. The first-order valence-electron chi connectivity index (χ1n) is 9.08. The van der Waals surface area contributed by atoms with Gasteiger partial charge in [0.1, 0.15) is 0 Å². The Bertz CT molecular complexity index is 715. The summed E-state index contributed by atoms with van der Waals surface area (Å²) in [6.07, 6.45) is 1.80. The lowest BCUT2D eigenvalue weighted by Crippen LogP contribution is -2.37. The fourth-order valence-corrected chi connectivity index (χ4v) is 2.38. The van der Waals surface area contributed by atoms with Gasteiger partial charge in [0.15, 0.2) is 5.96 Å². The molecule has 0 radical (unpaired) electrons. The highest BCUT2D eigenvalue weighted by atomic mass is 16.5. The van der Waals surface area contributed by atoms with Crippen LogP contribution in [0.1, 0.15) is 44.5 Å². The minimum absolute atomic E-state index is 0.137. The lowest BCUT2D eigenvalue weighted by molar-refractivity contribution is -0.0149. The normalized spacial score (nSPS) is 12.3. The van der Waals surface area contributed by atoms with Crippen molar-refractivity contribution in [1.82, 2.24) is 20.4 Å². The molecule has 2 N–H and O–H groups in total. The smallest absolute Gasteiger partial charge is 0.191 e. The van der Waals surface area contributed by atoms with Crippen molar-refractivity contribution in [1.29, 1.82) is 0 Å². The number of nitrogens with one attached hydrogen (secondary N) is 2. The number of aliphatic imine (C=N–C) groups is 1. The van der Waals surface area contributed by atoms with Gasteiger partial charge < -0.3 is 15.4 Å². The van der Waals surface area contributed by atoms with Crippen LogP contribution in [0.5, 0.6) is 0 Å². The van der Waals surface area contributed by atoms with Crippen LogP contribution in [0, 0.1) is 0 Å². The summed E-state index contributed by atoms with van der Waals surface area (Å²) in [6, 6.07) is 10.4. The Morgan fingerprint density at radius 1 is 1.19 bits per heavy atom. The van der Waals surface area contributed by atoms with Gasteiger partial charge in [-0.25, -0.2) is 4.99 Å². The Hall–Kier alpha value is -2.34. The maximum absolute atomic E-state index is 5.86. The average molecular weight is 358 g/mol. The van der Waals surface area contributed by atoms with Gasteiger partial charge >= 0.3 is 0 Å². The van der Waals surface area contributed by atoms with Crippen molar-refractivity contribution in [3.05, 3.63) is 53.3 Å². The van der Waals surface area contributed by atoms with E-state index in [0.717, 1.165) is 23.8 Å². The third kappa shape index (κ3) is 6.88. The van der Waals surface area contributed by atoms with Gasteiger partial charge in [-0.1, -0.05) is 24.3 Å². The summed E-state index contributed by atoms with van der Waals surface area (Å²) in [7, 11) is 1.94. The molecule has 0 aliphatic carbocycles. The molecule has 0 atom stereocenters. The van der Waals surface area contributed by atoms with Crippen LogP contribution in [0.15, 0.2) is 41.5 Å². The number of hydrogen-bond donors (Lipinski definition) is 2. The summed E-state index contributed by atoms with van der Waals surface area (Å²) in [5.41, 5.74) is 3.30. The number of aryl methyl sites for hydroxylation is 1. The summed E-state index contributed by atoms with van der Waals surface area (Å²) < 4.78 is 7.71. The van der Waals surface area contributed by atoms with E-state index < -0.39 is 0 Å². The maximum Gasteiger partial charge on any atom is 0.191 e. The van der Waals surface area contributed by atoms with Crippen LogP contribution in [0.4, 0.5) is 0 Å². The molecule has 0 amide bonds. The van der Waals surface area contributed by atoms with E-state index in [2.05, 4.69) is 72.7 Å². The van der Waals surface area contributed by atoms with Crippen LogP contribution in [0.25, 0.3) is 0 Å². The molecule has 2 aromatic rings. The number of rotatable bonds is 7. The van der Waals surface area contributed by atoms with E-state index in [-0.39, 0.29) is 5.60 Å². The quantitative estimate of drug-likeness (QED) is 0.591. The first-order valence-corrected chi connectivity index (χ1v) is 9.08. The largest absolute Gasteiger partial charge is 0.371 e. The minimum atomic E-state index is -0.137. The van der Waals surface area contributed by atoms with E-state index in [0.29, 0.717) is 19.7 Å². The molecule has 26 heavy (non-hydrogen) atoms. The van der Waals surface area contributed by atoms with Gasteiger partial charge in [-0.05, 0) is 44.9 Å². The van der Waals surface area contributed by atoms with E-state index in [9.17, 15) is 0 Å². The highest BCUT2D eigenvalue weighted by Gasteiger charge is 2.10. The van der Waals surface area contributed by atoms with Crippen LogP contribution in [0.3, 0.4) is 0 Å². The number of hydrogen-bond acceptors (Lipinski definition) is 3. The fraction of sp³-hybridized carbons (Fsp3) is 0.500. The molecule has 0 fully saturated rings. The minimum Gasteiger partial charge on any atom is -0.371 e. The van der Waals surface area contributed by atoms with Gasteiger partial charge in [-0.2, -0.15) is 5.10 Å². The van der Waals surface area contributed by atoms with Crippen LogP contribution in [-0.4, -0.2) is 27.9 Å². The van der Waals surface area contributed by atoms with Gasteiger partial charge in [0.05, 0.1) is 31.0 Å². The molecule has 0 aliphatic heterocycles. The number of nitrogens with zero attached hydrogens (tertiary/aromatic N) is 3. The molecule has 1 heterocycles. The Labute approximate surface area is 156 Å². The molecule has 142 valence electrons. The number of guanidine groups is 1. The van der Waals surface area contributed by atoms with Gasteiger partial charge in [0, 0.05) is 19.8 Å². The molecular weight excluding hydrogens is 326 g/mol. The van der Waals surface area contributed by atoms with Gasteiger partial charge in [0.25, 0.3) is 0 Å². The molecule has 6 nitrogen and oxygen atoms in total. The summed E-state index contributed by atoms with van der Waals surface area (Å²) in [6.45, 7) is 11.0. The monoisotopic (exact) mass is 357 g/mol. The molecule has 1 aromatic heterocycles. The second-order valence-corrected chi connectivity index (χ2v) is 7.22. The number of aromatic nitrogens is 2. The molecule has 6 heteroatoms. The highest BCUT2D eigenvalue weighted by Crippen LogP contribution is 2.13. The summed E-state index contributed by atoms with van der Waals surface area (Å²) in [4.78, 5) is 4.69. The van der Waals surface area contributed by atoms with E-state index in [1.165, 1.54) is 5.56 Å². The number of benzene rings is 1. The fourth-order valence-electron chi connectivity index (χ4n) is 2.38. The third-order valence-electron chi connectivity index (χ3n) is 3.79. The van der Waals surface area contributed by atoms with Crippen molar-refractivity contribution in [2.75, 3.05) is 6.54 Å². The first kappa shape index (κ1) is 20.0. The van der Waals surface area contributed by atoms with Crippen molar-refractivity contribution < 1.29 is 4.74 Å². The second kappa shape index (κ2) is 9.38. The average Bonchev–Trinajstić information content (AvgIpc) is 3.00. The zero-order valence-electron chi connectivity index (χ0n) is 16.5. The predicted molar refractivity (Wildman–Crippen MR) is 106 cm³/mol. The molecule has 0 aliphatic rings. The van der Waals surface area contributed by atoms with Crippen LogP contribution in [-0.2, 0) is 31.5 Å². The Kier molecular flexibility index (Phi) is 7.21. The second-order valence-electron chi connectivity index (χ2n) is 7.22. The first-order chi connectivity index (χ1) is 12.4. The standard InChI is InChI=1S/C20H31N5O/c1-6-21-19(23-14-18-10-11-24-25(18)5)22-13-16-8-7-9-17(12-16)15-26-20(2,3)4/h7-12H,6,13-15H2,1-5H3,(H2,21,22,23). The molecule has 0 unspecified atom stereocenters. The van der Waals surface area contributed by atoms with Crippen LogP contribution >= 0.6 is 0 Å². The maximum atomic E-state index is 5.86. The van der Waals surface area contributed by atoms with Gasteiger partial charge in [0.2, 0.25) is 0 Å². The van der Waals surface area contributed by atoms with Crippen molar-refractivity contribution in [2.24, 2.45) is 12.0 Å². The zero-order chi connectivity index (χ0) is 19.0. The van der Waals surface area contributed by atoms with E-state index >= 15 is 0 Å². The van der Waals surface area contributed by atoms with Crippen molar-refractivity contribution in [3.63, 3.8) is 0 Å². The van der Waals surface area contributed by atoms with Gasteiger partial charge in [-0.3, -0.25) is 4.68 Å². The predicted octanol–water partition coefficient (Wildman–Crippen LogP) is 2.99. The Morgan fingerprint density at radius 2 is 1.96 bits per heavy atom. The van der Waals surface area contributed by atoms with Crippen molar-refractivity contribution >= 4 is 5.96 Å². The Balaban J connectivity index is 1.96. The molecule has 0 spiro atoms. The molecule has 0 bridgehead atoms. The lowest BCUT2D eigenvalue weighted by Gasteiger charge is -2.19. The molecule has 1 aromatic carbocycles. The molecule has 0 saturated carbocycles. The topological polar surface area (TPSA) is 63.5 Å². The lowest BCUT2D eigenvalue weighted by atomic mass is 10.1. The number of ether oxygens (including phenoxy) is 1. The van der Waals surface area contributed by atoms with E-state index in [1.807, 2.05) is 17.8 Å². The third-order valence-corrected chi connectivity index (χ3v) is 3.79. The molecule has 2 rings (SSSR count). The summed E-state index contributed by atoms with van der Waals surface area (Å²) in [5.74, 6) is 0.796. The van der Waals surface area contributed by atoms with Crippen LogP contribution < -0.4 is 10.6 Å². The van der Waals surface area contributed by atoms with Crippen molar-refractivity contribution in [2.45, 2.75) is 53.0 Å². The summed E-state index contributed by atoms with van der Waals surface area (Å²) >= 11 is 0. The van der Waals surface area contributed by atoms with Crippen LogP contribution in [0.2, 0.25) is 0 Å². The van der Waals surface area contributed by atoms with Gasteiger partial charge in [-0.15, -0.1) is 0 Å². The van der Waals surface area contributed by atoms with Crippen molar-refractivity contribution in [3.8, 4) is 0 Å².